The molecule has 1 aromatic heterocycles. The van der Waals surface area contributed by atoms with E-state index < -0.39 is 6.04 Å². The molecule has 0 saturated carbocycles. The van der Waals surface area contributed by atoms with Crippen LogP contribution in [-0.2, 0) is 10.5 Å². The molecule has 0 radical (unpaired) electrons. The number of hydrogen-bond donors (Lipinski definition) is 1. The van der Waals surface area contributed by atoms with Crippen molar-refractivity contribution in [2.75, 3.05) is 11.9 Å². The van der Waals surface area contributed by atoms with Crippen LogP contribution in [0.1, 0.15) is 22.5 Å². The summed E-state index contributed by atoms with van der Waals surface area (Å²) in [6.07, 6.45) is 2.36. The summed E-state index contributed by atoms with van der Waals surface area (Å²) < 4.78 is 19.6. The summed E-state index contributed by atoms with van der Waals surface area (Å²) >= 11 is 1.63. The van der Waals surface area contributed by atoms with Crippen LogP contribution in [0, 0.1) is 5.82 Å². The molecule has 5 nitrogen and oxygen atoms in total. The van der Waals surface area contributed by atoms with Crippen LogP contribution in [0.25, 0.3) is 11.1 Å². The number of hydrogen-bond acceptors (Lipinski definition) is 4. The number of nitrogens with zero attached hydrogens (tertiary/aromatic N) is 1. The first-order valence-electron chi connectivity index (χ1n) is 9.76. The Morgan fingerprint density at radius 2 is 1.97 bits per heavy atom. The predicted octanol–water partition coefficient (Wildman–Crippen LogP) is 4.55. The molecule has 1 saturated heterocycles. The molecule has 0 spiro atoms. The smallest absolute Gasteiger partial charge is 0.256 e. The third-order valence-corrected chi connectivity index (χ3v) is 6.96. The number of fused-ring (bicyclic) bond motifs is 2. The minimum absolute atomic E-state index is 0.0144. The maximum Gasteiger partial charge on any atom is 0.256 e. The molecule has 2 amide bonds. The van der Waals surface area contributed by atoms with Gasteiger partial charge < -0.3 is 14.6 Å². The highest BCUT2D eigenvalue weighted by molar-refractivity contribution is 7.99. The van der Waals surface area contributed by atoms with E-state index in [1.807, 2.05) is 12.1 Å². The van der Waals surface area contributed by atoms with Gasteiger partial charge in [0.25, 0.3) is 5.91 Å². The number of halogens is 1. The van der Waals surface area contributed by atoms with Crippen molar-refractivity contribution in [3.63, 3.8) is 0 Å². The first kappa shape index (κ1) is 18.9. The van der Waals surface area contributed by atoms with Crippen molar-refractivity contribution in [1.29, 1.82) is 0 Å². The van der Waals surface area contributed by atoms with E-state index in [2.05, 4.69) is 5.32 Å². The minimum atomic E-state index is -0.540. The number of benzene rings is 2. The average molecular weight is 422 g/mol. The summed E-state index contributed by atoms with van der Waals surface area (Å²) in [5.74, 6) is 0.754. The lowest BCUT2D eigenvalue weighted by molar-refractivity contribution is -0.119. The summed E-state index contributed by atoms with van der Waals surface area (Å²) in [7, 11) is 0. The predicted molar refractivity (Wildman–Crippen MR) is 114 cm³/mol. The van der Waals surface area contributed by atoms with Crippen LogP contribution in [0.15, 0.2) is 65.3 Å². The summed E-state index contributed by atoms with van der Waals surface area (Å²) in [4.78, 5) is 28.0. The Morgan fingerprint density at radius 3 is 2.77 bits per heavy atom. The Morgan fingerprint density at radius 1 is 1.10 bits per heavy atom. The summed E-state index contributed by atoms with van der Waals surface area (Å²) in [6.45, 7) is 0.510. The fourth-order valence-corrected chi connectivity index (χ4v) is 5.38. The van der Waals surface area contributed by atoms with E-state index in [4.69, 9.17) is 4.42 Å². The number of furan rings is 1. The van der Waals surface area contributed by atoms with Gasteiger partial charge in [-0.3, -0.25) is 9.59 Å². The van der Waals surface area contributed by atoms with Gasteiger partial charge in [-0.2, -0.15) is 0 Å². The van der Waals surface area contributed by atoms with E-state index >= 15 is 0 Å². The number of rotatable bonds is 4. The second-order valence-corrected chi connectivity index (χ2v) is 8.62. The molecular formula is C23H19FN2O3S. The maximum absolute atomic E-state index is 14.2. The SMILES string of the molecule is O=C1Nc2ccc(-c3ccccc3F)cc2C(=O)N2CC[C@H](SCc3ccco3)[C@@H]12. The number of nitrogens with one attached hydrogen (secondary N) is 1. The highest BCUT2D eigenvalue weighted by Crippen LogP contribution is 2.37. The Labute approximate surface area is 177 Å². The highest BCUT2D eigenvalue weighted by atomic mass is 32.2. The van der Waals surface area contributed by atoms with Gasteiger partial charge in [0.05, 0.1) is 23.3 Å². The van der Waals surface area contributed by atoms with Crippen LogP contribution in [0.5, 0.6) is 0 Å². The molecule has 1 N–H and O–H groups in total. The lowest BCUT2D eigenvalue weighted by atomic mass is 10.0. The Bertz CT molecular complexity index is 1120. The van der Waals surface area contributed by atoms with Crippen LogP contribution in [-0.4, -0.2) is 34.6 Å². The Hall–Kier alpha value is -3.06. The third kappa shape index (κ3) is 3.29. The monoisotopic (exact) mass is 422 g/mol. The lowest BCUT2D eigenvalue weighted by Gasteiger charge is -2.24. The zero-order chi connectivity index (χ0) is 20.7. The topological polar surface area (TPSA) is 62.6 Å². The first-order valence-corrected chi connectivity index (χ1v) is 10.8. The van der Waals surface area contributed by atoms with Crippen molar-refractivity contribution in [3.8, 4) is 11.1 Å². The molecule has 0 aliphatic carbocycles. The number of carbonyl (C=O) groups is 2. The Balaban J connectivity index is 1.44. The third-order valence-electron chi connectivity index (χ3n) is 5.58. The van der Waals surface area contributed by atoms with E-state index in [-0.39, 0.29) is 22.9 Å². The molecule has 2 aliphatic rings. The molecule has 152 valence electrons. The molecule has 3 heterocycles. The second-order valence-electron chi connectivity index (χ2n) is 7.39. The number of thioether (sulfide) groups is 1. The molecule has 7 heteroatoms. The molecule has 5 rings (SSSR count). The van der Waals surface area contributed by atoms with Gasteiger partial charge in [-0.15, -0.1) is 11.8 Å². The summed E-state index contributed by atoms with van der Waals surface area (Å²) in [5, 5.41) is 2.89. The van der Waals surface area contributed by atoms with Gasteiger partial charge >= 0.3 is 0 Å². The molecule has 1 fully saturated rings. The van der Waals surface area contributed by atoms with Crippen molar-refractivity contribution < 1.29 is 18.4 Å². The molecule has 30 heavy (non-hydrogen) atoms. The molecule has 3 aromatic rings. The van der Waals surface area contributed by atoms with Gasteiger partial charge in [0.15, 0.2) is 0 Å². The molecule has 2 atom stereocenters. The zero-order valence-electron chi connectivity index (χ0n) is 16.0. The molecule has 2 aliphatic heterocycles. The lowest BCUT2D eigenvalue weighted by Crippen LogP contribution is -2.44. The van der Waals surface area contributed by atoms with Crippen molar-refractivity contribution in [1.82, 2.24) is 4.90 Å². The van der Waals surface area contributed by atoms with Gasteiger partial charge in [-0.25, -0.2) is 4.39 Å². The molecule has 2 aromatic carbocycles. The quantitative estimate of drug-likeness (QED) is 0.670. The van der Waals surface area contributed by atoms with Crippen molar-refractivity contribution >= 4 is 29.3 Å². The first-order chi connectivity index (χ1) is 14.6. The van der Waals surface area contributed by atoms with E-state index in [9.17, 15) is 14.0 Å². The van der Waals surface area contributed by atoms with Crippen LogP contribution in [0.3, 0.4) is 0 Å². The summed E-state index contributed by atoms with van der Waals surface area (Å²) in [5.41, 5.74) is 1.89. The maximum atomic E-state index is 14.2. The van der Waals surface area contributed by atoms with Crippen LogP contribution < -0.4 is 5.32 Å². The van der Waals surface area contributed by atoms with Crippen molar-refractivity contribution in [2.45, 2.75) is 23.5 Å². The van der Waals surface area contributed by atoms with E-state index in [1.165, 1.54) is 6.07 Å². The van der Waals surface area contributed by atoms with Gasteiger partial charge in [0.2, 0.25) is 5.91 Å². The minimum Gasteiger partial charge on any atom is -0.468 e. The second kappa shape index (κ2) is 7.65. The summed E-state index contributed by atoms with van der Waals surface area (Å²) in [6, 6.07) is 14.7. The molecule has 0 unspecified atom stereocenters. The number of anilines is 1. The highest BCUT2D eigenvalue weighted by Gasteiger charge is 2.45. The van der Waals surface area contributed by atoms with Gasteiger partial charge in [-0.05, 0) is 42.3 Å². The van der Waals surface area contributed by atoms with Gasteiger partial charge in [-0.1, -0.05) is 24.3 Å². The zero-order valence-corrected chi connectivity index (χ0v) is 16.8. The number of carbonyl (C=O) groups excluding carboxylic acids is 2. The molecule has 0 bridgehead atoms. The normalized spacial score (nSPS) is 20.5. The van der Waals surface area contributed by atoms with Crippen molar-refractivity contribution in [2.24, 2.45) is 0 Å². The largest absolute Gasteiger partial charge is 0.468 e. The van der Waals surface area contributed by atoms with Crippen LogP contribution >= 0.6 is 11.8 Å². The van der Waals surface area contributed by atoms with Crippen molar-refractivity contribution in [3.05, 3.63) is 78.0 Å². The number of amides is 2. The van der Waals surface area contributed by atoms with E-state index in [1.54, 1.807) is 59.3 Å². The average Bonchev–Trinajstić information content (AvgIpc) is 3.40. The van der Waals surface area contributed by atoms with Gasteiger partial charge in [0.1, 0.15) is 17.6 Å². The van der Waals surface area contributed by atoms with Crippen LogP contribution in [0.2, 0.25) is 0 Å². The van der Waals surface area contributed by atoms with E-state index in [0.29, 0.717) is 34.7 Å². The van der Waals surface area contributed by atoms with E-state index in [0.717, 1.165) is 12.2 Å². The Kier molecular flexibility index (Phi) is 4.83. The van der Waals surface area contributed by atoms with Gasteiger partial charge in [0, 0.05) is 17.4 Å². The fourth-order valence-electron chi connectivity index (χ4n) is 4.12. The molecular weight excluding hydrogens is 403 g/mol. The van der Waals surface area contributed by atoms with Crippen LogP contribution in [0.4, 0.5) is 10.1 Å². The fraction of sp³-hybridized carbons (Fsp3) is 0.217. The standard InChI is InChI=1S/C23H19FN2O3S/c24-18-6-2-1-5-16(18)14-7-8-19-17(12-14)23(28)26-10-9-20(21(26)22(27)25-19)30-13-15-4-3-11-29-15/h1-8,11-12,20-21H,9-10,13H2,(H,25,27)/t20-,21-/m0/s1.